The Morgan fingerprint density at radius 3 is 2.93 bits per heavy atom. The van der Waals surface area contributed by atoms with Crippen LogP contribution in [0.15, 0.2) is 18.2 Å². The molecule has 1 aromatic carbocycles. The van der Waals surface area contributed by atoms with Crippen LogP contribution in [0.1, 0.15) is 0 Å². The van der Waals surface area contributed by atoms with Gasteiger partial charge in [0.25, 0.3) is 0 Å². The first-order valence-electron chi connectivity index (χ1n) is 4.13. The summed E-state index contributed by atoms with van der Waals surface area (Å²) in [5.74, 6) is -0.107. The molecular formula is C9H12ClN3O. The topological polar surface area (TPSA) is 67.2 Å². The Kier molecular flexibility index (Phi) is 3.59. The largest absolute Gasteiger partial charge is 0.396 e. The lowest BCUT2D eigenvalue weighted by Crippen LogP contribution is -2.26. The molecule has 1 aromatic rings. The SMILES string of the molecule is CNC(=O)CNc1cccc(Cl)c1N. The molecule has 1 rings (SSSR count). The molecule has 4 N–H and O–H groups in total. The quantitative estimate of drug-likeness (QED) is 0.659. The van der Waals surface area contributed by atoms with Gasteiger partial charge in [-0.25, -0.2) is 0 Å². The Balaban J connectivity index is 2.68. The van der Waals surface area contributed by atoms with E-state index >= 15 is 0 Å². The van der Waals surface area contributed by atoms with Crippen molar-refractivity contribution in [2.24, 2.45) is 0 Å². The van der Waals surface area contributed by atoms with E-state index in [1.165, 1.54) is 0 Å². The van der Waals surface area contributed by atoms with Gasteiger partial charge in [0, 0.05) is 7.05 Å². The van der Waals surface area contributed by atoms with Crippen LogP contribution in [0.25, 0.3) is 0 Å². The number of nitrogen functional groups attached to an aromatic ring is 1. The summed E-state index contributed by atoms with van der Waals surface area (Å²) in [5.41, 5.74) is 6.81. The van der Waals surface area contributed by atoms with Crippen molar-refractivity contribution in [3.63, 3.8) is 0 Å². The molecule has 0 aromatic heterocycles. The van der Waals surface area contributed by atoms with Crippen LogP contribution in [0.2, 0.25) is 5.02 Å². The van der Waals surface area contributed by atoms with E-state index in [-0.39, 0.29) is 12.5 Å². The minimum atomic E-state index is -0.107. The Morgan fingerprint density at radius 2 is 2.29 bits per heavy atom. The maximum atomic E-state index is 10.9. The number of carbonyl (C=O) groups excluding carboxylic acids is 1. The van der Waals surface area contributed by atoms with Crippen molar-refractivity contribution < 1.29 is 4.79 Å². The summed E-state index contributed by atoms with van der Waals surface area (Å²) in [6.45, 7) is 0.182. The number of rotatable bonds is 3. The number of likely N-dealkylation sites (N-methyl/N-ethyl adjacent to an activating group) is 1. The molecule has 4 nitrogen and oxygen atoms in total. The number of para-hydroxylation sites is 1. The van der Waals surface area contributed by atoms with Crippen molar-refractivity contribution in [3.05, 3.63) is 23.2 Å². The summed E-state index contributed by atoms with van der Waals surface area (Å²) in [5, 5.41) is 5.86. The van der Waals surface area contributed by atoms with Gasteiger partial charge in [-0.3, -0.25) is 4.79 Å². The predicted octanol–water partition coefficient (Wildman–Crippen LogP) is 1.08. The summed E-state index contributed by atoms with van der Waals surface area (Å²) in [7, 11) is 1.57. The van der Waals surface area contributed by atoms with Gasteiger partial charge in [0.2, 0.25) is 5.91 Å². The molecule has 76 valence electrons. The molecule has 0 bridgehead atoms. The van der Waals surface area contributed by atoms with Crippen molar-refractivity contribution >= 4 is 28.9 Å². The Labute approximate surface area is 87.4 Å². The van der Waals surface area contributed by atoms with E-state index in [1.807, 2.05) is 0 Å². The zero-order valence-corrected chi connectivity index (χ0v) is 8.56. The molecule has 0 saturated heterocycles. The van der Waals surface area contributed by atoms with Crippen molar-refractivity contribution in [1.82, 2.24) is 5.32 Å². The van der Waals surface area contributed by atoms with Crippen LogP contribution in [0, 0.1) is 0 Å². The third-order valence-electron chi connectivity index (χ3n) is 1.77. The number of nitrogens with one attached hydrogen (secondary N) is 2. The summed E-state index contributed by atoms with van der Waals surface area (Å²) >= 11 is 5.80. The first kappa shape index (κ1) is 10.7. The lowest BCUT2D eigenvalue weighted by Gasteiger charge is -2.09. The number of hydrogen-bond acceptors (Lipinski definition) is 3. The lowest BCUT2D eigenvalue weighted by molar-refractivity contribution is -0.118. The third-order valence-corrected chi connectivity index (χ3v) is 2.10. The monoisotopic (exact) mass is 213 g/mol. The molecule has 0 spiro atoms. The molecule has 0 aliphatic rings. The molecule has 14 heavy (non-hydrogen) atoms. The highest BCUT2D eigenvalue weighted by Crippen LogP contribution is 2.26. The van der Waals surface area contributed by atoms with E-state index < -0.39 is 0 Å². The van der Waals surface area contributed by atoms with Gasteiger partial charge in [-0.2, -0.15) is 0 Å². The molecule has 1 amide bonds. The summed E-state index contributed by atoms with van der Waals surface area (Å²) < 4.78 is 0. The van der Waals surface area contributed by atoms with Crippen LogP contribution in [-0.2, 0) is 4.79 Å². The van der Waals surface area contributed by atoms with Crippen molar-refractivity contribution in [2.45, 2.75) is 0 Å². The average Bonchev–Trinajstić information content (AvgIpc) is 2.20. The molecule has 5 heteroatoms. The molecule has 0 aliphatic heterocycles. The fraction of sp³-hybridized carbons (Fsp3) is 0.222. The fourth-order valence-corrected chi connectivity index (χ4v) is 1.13. The fourth-order valence-electron chi connectivity index (χ4n) is 0.955. The number of carbonyl (C=O) groups is 1. The highest BCUT2D eigenvalue weighted by atomic mass is 35.5. The molecule has 0 fully saturated rings. The summed E-state index contributed by atoms with van der Waals surface area (Å²) in [6.07, 6.45) is 0. The lowest BCUT2D eigenvalue weighted by atomic mass is 10.2. The number of amides is 1. The second kappa shape index (κ2) is 4.72. The Morgan fingerprint density at radius 1 is 1.57 bits per heavy atom. The van der Waals surface area contributed by atoms with Crippen LogP contribution in [0.5, 0.6) is 0 Å². The first-order chi connectivity index (χ1) is 6.65. The predicted molar refractivity (Wildman–Crippen MR) is 58.4 cm³/mol. The number of anilines is 2. The van der Waals surface area contributed by atoms with Gasteiger partial charge in [0.1, 0.15) is 0 Å². The normalized spacial score (nSPS) is 9.57. The number of hydrogen-bond donors (Lipinski definition) is 3. The molecule has 0 radical (unpaired) electrons. The summed E-state index contributed by atoms with van der Waals surface area (Å²) in [4.78, 5) is 10.9. The zero-order chi connectivity index (χ0) is 10.6. The van der Waals surface area contributed by atoms with Crippen LogP contribution in [-0.4, -0.2) is 19.5 Å². The number of nitrogens with two attached hydrogens (primary N) is 1. The average molecular weight is 214 g/mol. The van der Waals surface area contributed by atoms with Crippen molar-refractivity contribution in [3.8, 4) is 0 Å². The van der Waals surface area contributed by atoms with Crippen LogP contribution < -0.4 is 16.4 Å². The highest BCUT2D eigenvalue weighted by Gasteiger charge is 2.03. The third kappa shape index (κ3) is 2.53. The van der Waals surface area contributed by atoms with E-state index in [4.69, 9.17) is 17.3 Å². The van der Waals surface area contributed by atoms with Crippen LogP contribution in [0.4, 0.5) is 11.4 Å². The molecule has 0 heterocycles. The van der Waals surface area contributed by atoms with Gasteiger partial charge < -0.3 is 16.4 Å². The minimum Gasteiger partial charge on any atom is -0.396 e. The van der Waals surface area contributed by atoms with Gasteiger partial charge in [-0.05, 0) is 12.1 Å². The van der Waals surface area contributed by atoms with Crippen LogP contribution >= 0.6 is 11.6 Å². The van der Waals surface area contributed by atoms with Gasteiger partial charge in [-0.1, -0.05) is 17.7 Å². The first-order valence-corrected chi connectivity index (χ1v) is 4.51. The Hall–Kier alpha value is -1.42. The minimum absolute atomic E-state index is 0.107. The molecule has 0 atom stereocenters. The smallest absolute Gasteiger partial charge is 0.239 e. The van der Waals surface area contributed by atoms with E-state index in [2.05, 4.69) is 10.6 Å². The maximum Gasteiger partial charge on any atom is 0.239 e. The van der Waals surface area contributed by atoms with Crippen molar-refractivity contribution in [2.75, 3.05) is 24.6 Å². The zero-order valence-electron chi connectivity index (χ0n) is 7.80. The number of benzene rings is 1. The van der Waals surface area contributed by atoms with Gasteiger partial charge >= 0.3 is 0 Å². The van der Waals surface area contributed by atoms with Gasteiger partial charge in [0.15, 0.2) is 0 Å². The summed E-state index contributed by atoms with van der Waals surface area (Å²) in [6, 6.07) is 5.23. The van der Waals surface area contributed by atoms with E-state index in [9.17, 15) is 4.79 Å². The molecule has 0 aliphatic carbocycles. The number of halogens is 1. The van der Waals surface area contributed by atoms with E-state index in [0.29, 0.717) is 16.4 Å². The standard InChI is InChI=1S/C9H12ClN3O/c1-12-8(14)5-13-7-4-2-3-6(10)9(7)11/h2-4,13H,5,11H2,1H3,(H,12,14). The second-order valence-electron chi connectivity index (χ2n) is 2.73. The molecule has 0 unspecified atom stereocenters. The van der Waals surface area contributed by atoms with Gasteiger partial charge in [-0.15, -0.1) is 0 Å². The van der Waals surface area contributed by atoms with Crippen molar-refractivity contribution in [1.29, 1.82) is 0 Å². The molecular weight excluding hydrogens is 202 g/mol. The van der Waals surface area contributed by atoms with Crippen LogP contribution in [0.3, 0.4) is 0 Å². The Bertz CT molecular complexity index is 341. The second-order valence-corrected chi connectivity index (χ2v) is 3.14. The van der Waals surface area contributed by atoms with E-state index in [0.717, 1.165) is 0 Å². The molecule has 0 saturated carbocycles. The van der Waals surface area contributed by atoms with E-state index in [1.54, 1.807) is 25.2 Å². The van der Waals surface area contributed by atoms with Gasteiger partial charge in [0.05, 0.1) is 22.9 Å². The highest BCUT2D eigenvalue weighted by molar-refractivity contribution is 6.33. The maximum absolute atomic E-state index is 10.9.